The summed E-state index contributed by atoms with van der Waals surface area (Å²) in [5.74, 6) is -0.583. The molecule has 0 amide bonds. The molecule has 8 nitrogen and oxygen atoms in total. The first-order valence-corrected chi connectivity index (χ1v) is 13.9. The molecule has 7 rings (SSSR count). The van der Waals surface area contributed by atoms with E-state index in [2.05, 4.69) is 25.8 Å². The van der Waals surface area contributed by atoms with Gasteiger partial charge in [0.15, 0.2) is 5.82 Å². The summed E-state index contributed by atoms with van der Waals surface area (Å²) in [5, 5.41) is 20.3. The maximum absolute atomic E-state index is 16.6. The number of nitrogens with zero attached hydrogens (tertiary/aromatic N) is 5. The molecule has 0 saturated carbocycles. The molecule has 5 heterocycles. The van der Waals surface area contributed by atoms with Gasteiger partial charge in [-0.25, -0.2) is 18.7 Å². The van der Waals surface area contributed by atoms with Crippen LogP contribution in [0.25, 0.3) is 32.1 Å². The highest BCUT2D eigenvalue weighted by Gasteiger charge is 2.42. The molecule has 0 spiro atoms. The Morgan fingerprint density at radius 1 is 1.10 bits per heavy atom. The number of piperazine rings is 1. The fourth-order valence-corrected chi connectivity index (χ4v) is 7.68. The second kappa shape index (κ2) is 9.34. The van der Waals surface area contributed by atoms with Gasteiger partial charge in [0, 0.05) is 59.5 Å². The first-order valence-electron chi connectivity index (χ1n) is 13.1. The van der Waals surface area contributed by atoms with Crippen LogP contribution in [0, 0.1) is 23.0 Å². The van der Waals surface area contributed by atoms with Gasteiger partial charge in [-0.15, -0.1) is 11.3 Å². The number of aromatic nitrogens is 2. The van der Waals surface area contributed by atoms with E-state index < -0.39 is 11.6 Å². The van der Waals surface area contributed by atoms with Gasteiger partial charge in [0.2, 0.25) is 0 Å². The van der Waals surface area contributed by atoms with E-state index in [-0.39, 0.29) is 59.1 Å². The fraction of sp³-hybridized carbons (Fsp3) is 0.393. The van der Waals surface area contributed by atoms with E-state index in [1.807, 2.05) is 0 Å². The minimum Gasteiger partial charge on any atom is -0.396 e. The lowest BCUT2D eigenvalue weighted by Crippen LogP contribution is -2.54. The van der Waals surface area contributed by atoms with Crippen molar-refractivity contribution in [2.45, 2.75) is 44.6 Å². The van der Waals surface area contributed by atoms with E-state index in [4.69, 9.17) is 10.5 Å². The number of halogens is 2. The number of fused-ring (bicyclic) bond motifs is 6. The van der Waals surface area contributed by atoms with Gasteiger partial charge in [0.05, 0.1) is 24.2 Å². The van der Waals surface area contributed by atoms with Crippen molar-refractivity contribution in [2.75, 3.05) is 36.9 Å². The lowest BCUT2D eigenvalue weighted by atomic mass is 9.90. The summed E-state index contributed by atoms with van der Waals surface area (Å²) in [7, 11) is 0. The van der Waals surface area contributed by atoms with Gasteiger partial charge in [0.25, 0.3) is 0 Å². The van der Waals surface area contributed by atoms with Crippen LogP contribution in [-0.4, -0.2) is 58.3 Å². The molecule has 4 aromatic rings. The van der Waals surface area contributed by atoms with Gasteiger partial charge in [-0.05, 0) is 42.5 Å². The Balaban J connectivity index is 1.44. The van der Waals surface area contributed by atoms with Crippen molar-refractivity contribution in [2.24, 2.45) is 0 Å². The van der Waals surface area contributed by atoms with E-state index in [0.717, 1.165) is 44.5 Å². The van der Waals surface area contributed by atoms with Crippen LogP contribution in [0.2, 0.25) is 0 Å². The number of aliphatic hydroxyl groups is 1. The summed E-state index contributed by atoms with van der Waals surface area (Å²) in [6, 6.07) is 5.39. The molecule has 3 aliphatic heterocycles. The van der Waals surface area contributed by atoms with Crippen LogP contribution >= 0.6 is 11.3 Å². The SMILES string of the molecule is N#Cc1c(N)sc2ccc(F)c(-c3c4c(c5c(N6C7CCC6CN(CCCO)C7)ncnc5c3F)COC4)c12. The molecule has 2 atom stereocenters. The van der Waals surface area contributed by atoms with Crippen LogP contribution in [0.3, 0.4) is 0 Å². The lowest BCUT2D eigenvalue weighted by Gasteiger charge is -2.42. The predicted octanol–water partition coefficient (Wildman–Crippen LogP) is 4.31. The molecule has 2 bridgehead atoms. The Morgan fingerprint density at radius 2 is 1.87 bits per heavy atom. The van der Waals surface area contributed by atoms with Crippen LogP contribution in [-0.2, 0) is 18.0 Å². The minimum absolute atomic E-state index is 0.0240. The highest BCUT2D eigenvalue weighted by Crippen LogP contribution is 2.48. The Morgan fingerprint density at radius 3 is 2.62 bits per heavy atom. The van der Waals surface area contributed by atoms with Gasteiger partial charge in [-0.2, -0.15) is 5.26 Å². The third-order valence-electron chi connectivity index (χ3n) is 8.34. The summed E-state index contributed by atoms with van der Waals surface area (Å²) < 4.78 is 38.7. The van der Waals surface area contributed by atoms with Crippen molar-refractivity contribution in [3.8, 4) is 17.2 Å². The van der Waals surface area contributed by atoms with Gasteiger partial charge in [-0.3, -0.25) is 4.90 Å². The second-order valence-corrected chi connectivity index (χ2v) is 11.5. The summed E-state index contributed by atoms with van der Waals surface area (Å²) in [5.41, 5.74) is 7.78. The molecule has 2 aromatic heterocycles. The van der Waals surface area contributed by atoms with Crippen LogP contribution in [0.5, 0.6) is 0 Å². The normalized spacial score (nSPS) is 20.7. The van der Waals surface area contributed by atoms with Crippen LogP contribution in [0.1, 0.15) is 36.0 Å². The molecule has 2 fully saturated rings. The molecular formula is C28H26F2N6O2S. The molecule has 2 unspecified atom stereocenters. The largest absolute Gasteiger partial charge is 0.396 e. The van der Waals surface area contributed by atoms with E-state index >= 15 is 8.78 Å². The molecular weight excluding hydrogens is 522 g/mol. The first-order chi connectivity index (χ1) is 19.0. The van der Waals surface area contributed by atoms with Crippen LogP contribution < -0.4 is 10.6 Å². The minimum atomic E-state index is -0.646. The van der Waals surface area contributed by atoms with Gasteiger partial charge >= 0.3 is 0 Å². The van der Waals surface area contributed by atoms with Crippen molar-refractivity contribution in [1.29, 1.82) is 5.26 Å². The smallest absolute Gasteiger partial charge is 0.157 e. The Labute approximate surface area is 227 Å². The van der Waals surface area contributed by atoms with Gasteiger partial charge in [-0.1, -0.05) is 0 Å². The lowest BCUT2D eigenvalue weighted by molar-refractivity contribution is 0.135. The molecule has 3 aliphatic rings. The third kappa shape index (κ3) is 3.63. The first kappa shape index (κ1) is 24.6. The van der Waals surface area contributed by atoms with E-state index in [0.29, 0.717) is 26.9 Å². The second-order valence-electron chi connectivity index (χ2n) is 10.4. The Bertz CT molecular complexity index is 1670. The molecule has 2 saturated heterocycles. The maximum Gasteiger partial charge on any atom is 0.157 e. The molecule has 3 N–H and O–H groups in total. The number of hydrogen-bond acceptors (Lipinski definition) is 9. The molecule has 2 aromatic carbocycles. The number of thiophene rings is 1. The number of nitrogen functional groups attached to an aromatic ring is 1. The molecule has 11 heteroatoms. The topological polar surface area (TPSA) is 112 Å². The number of ether oxygens (including phenoxy) is 1. The van der Waals surface area contributed by atoms with E-state index in [9.17, 15) is 10.4 Å². The zero-order chi connectivity index (χ0) is 26.8. The zero-order valence-electron chi connectivity index (χ0n) is 21.1. The molecule has 200 valence electrons. The van der Waals surface area contributed by atoms with Gasteiger partial charge in [0.1, 0.15) is 34.5 Å². The summed E-state index contributed by atoms with van der Waals surface area (Å²) in [6.45, 7) is 3.07. The quantitative estimate of drug-likeness (QED) is 0.380. The highest BCUT2D eigenvalue weighted by atomic mass is 32.1. The average Bonchev–Trinajstić information content (AvgIpc) is 3.61. The van der Waals surface area contributed by atoms with E-state index in [1.54, 1.807) is 6.07 Å². The number of nitrogens with two attached hydrogens (primary N) is 1. The van der Waals surface area contributed by atoms with Crippen molar-refractivity contribution in [3.05, 3.63) is 46.8 Å². The summed E-state index contributed by atoms with van der Waals surface area (Å²) in [6.07, 6.45) is 4.13. The predicted molar refractivity (Wildman–Crippen MR) is 145 cm³/mol. The number of aliphatic hydroxyl groups excluding tert-OH is 1. The van der Waals surface area contributed by atoms with Crippen molar-refractivity contribution < 1.29 is 18.6 Å². The number of likely N-dealkylation sites (tertiary alicyclic amines) is 1. The van der Waals surface area contributed by atoms with Gasteiger partial charge < -0.3 is 20.5 Å². The molecule has 39 heavy (non-hydrogen) atoms. The van der Waals surface area contributed by atoms with E-state index in [1.165, 1.54) is 23.7 Å². The standard InChI is InChI=1S/C28H26F2N6O2S/c29-19-4-5-20-21(16(8-31)27(32)39-20)24(19)22-17-11-38-12-18(17)23-26(25(22)30)33-13-34-28(23)36-14-2-3-15(36)10-35(9-14)6-1-7-37/h4-5,13-15,37H,1-3,6-7,9-12,32H2. The number of nitriles is 1. The highest BCUT2D eigenvalue weighted by molar-refractivity contribution is 7.23. The zero-order valence-corrected chi connectivity index (χ0v) is 21.9. The summed E-state index contributed by atoms with van der Waals surface area (Å²) >= 11 is 1.18. The average molecular weight is 549 g/mol. The molecule has 0 radical (unpaired) electrons. The van der Waals surface area contributed by atoms with Crippen LogP contribution in [0.4, 0.5) is 19.6 Å². The van der Waals surface area contributed by atoms with Crippen LogP contribution in [0.15, 0.2) is 18.5 Å². The fourth-order valence-electron chi connectivity index (χ4n) is 6.76. The van der Waals surface area contributed by atoms with Crippen molar-refractivity contribution >= 4 is 43.1 Å². The number of anilines is 2. The monoisotopic (exact) mass is 548 g/mol. The number of hydrogen-bond donors (Lipinski definition) is 2. The van der Waals surface area contributed by atoms with Crippen molar-refractivity contribution in [1.82, 2.24) is 14.9 Å². The molecule has 0 aliphatic carbocycles. The number of benzene rings is 2. The number of rotatable bonds is 5. The Kier molecular flexibility index (Phi) is 5.89. The Hall–Kier alpha value is -3.43. The third-order valence-corrected chi connectivity index (χ3v) is 9.33. The maximum atomic E-state index is 16.6. The summed E-state index contributed by atoms with van der Waals surface area (Å²) in [4.78, 5) is 13.7. The van der Waals surface area contributed by atoms with Crippen molar-refractivity contribution in [3.63, 3.8) is 0 Å².